The molecule has 50 heavy (non-hydrogen) atoms. The number of carbonyl (C=O) groups excluding carboxylic acids is 2. The van der Waals surface area contributed by atoms with Gasteiger partial charge in [-0.25, -0.2) is 4.57 Å². The quantitative estimate of drug-likeness (QED) is 0.0298. The molecule has 0 aliphatic carbocycles. The molecule has 1 atom stereocenters. The Bertz CT molecular complexity index is 1080. The first kappa shape index (κ1) is 47.2. The van der Waals surface area contributed by atoms with Crippen LogP contribution in [0.4, 0.5) is 0 Å². The normalized spacial score (nSPS) is 13.4. The number of allylic oxidation sites excluding steroid dienone is 14. The third kappa shape index (κ3) is 38.0. The number of carbonyl (C=O) groups is 2. The Labute approximate surface area is 303 Å². The van der Waals surface area contributed by atoms with Crippen molar-refractivity contribution in [3.05, 3.63) is 85.1 Å². The maximum atomic E-state index is 12.3. The Kier molecular flexibility index (Phi) is 34.0. The summed E-state index contributed by atoms with van der Waals surface area (Å²) in [4.78, 5) is 42.7. The van der Waals surface area contributed by atoms with Crippen LogP contribution in [0.15, 0.2) is 85.1 Å². The molecule has 0 aliphatic rings. The molecule has 284 valence electrons. The lowest BCUT2D eigenvalue weighted by Crippen LogP contribution is -2.29. The molecule has 0 fully saturated rings. The lowest BCUT2D eigenvalue weighted by molar-refractivity contribution is -0.161. The summed E-state index contributed by atoms with van der Waals surface area (Å²) in [6, 6.07) is 0. The fourth-order valence-corrected chi connectivity index (χ4v) is 4.90. The summed E-state index contributed by atoms with van der Waals surface area (Å²) in [5.74, 6) is -0.976. The van der Waals surface area contributed by atoms with E-state index in [-0.39, 0.29) is 19.4 Å². The summed E-state index contributed by atoms with van der Waals surface area (Å²) in [5.41, 5.74) is 0. The van der Waals surface area contributed by atoms with Gasteiger partial charge in [0.2, 0.25) is 0 Å². The van der Waals surface area contributed by atoms with Crippen molar-refractivity contribution in [1.29, 1.82) is 0 Å². The number of hydrogen-bond donors (Lipinski definition) is 2. The molecule has 0 aromatic rings. The molecular weight excluding hydrogens is 651 g/mol. The Morgan fingerprint density at radius 2 is 0.940 bits per heavy atom. The van der Waals surface area contributed by atoms with E-state index >= 15 is 0 Å². The van der Waals surface area contributed by atoms with Gasteiger partial charge in [-0.1, -0.05) is 125 Å². The Morgan fingerprint density at radius 3 is 1.42 bits per heavy atom. The van der Waals surface area contributed by atoms with Gasteiger partial charge in [0.1, 0.15) is 6.61 Å². The van der Waals surface area contributed by atoms with Crippen LogP contribution >= 0.6 is 7.82 Å². The summed E-state index contributed by atoms with van der Waals surface area (Å²) in [7, 11) is -4.77. The lowest BCUT2D eigenvalue weighted by atomic mass is 10.1. The number of rotatable bonds is 33. The number of phosphoric ester groups is 1. The fraction of sp³-hybridized carbons (Fsp3) is 0.610. The SMILES string of the molecule is CCC/C=C/C/C=C/C/C=C/C/C=C/CCCCCC(=O)OC[C@H](COP(=O)(O)O)OC(=O)CCCC/C=C/C/C=C/C/C=C/CCCCC. The summed E-state index contributed by atoms with van der Waals surface area (Å²) < 4.78 is 26.2. The molecule has 0 saturated heterocycles. The van der Waals surface area contributed by atoms with Gasteiger partial charge in [-0.05, 0) is 89.9 Å². The highest BCUT2D eigenvalue weighted by molar-refractivity contribution is 7.46. The maximum Gasteiger partial charge on any atom is 0.469 e. The van der Waals surface area contributed by atoms with Crippen LogP contribution in [-0.2, 0) is 28.2 Å². The first-order chi connectivity index (χ1) is 24.3. The largest absolute Gasteiger partial charge is 0.469 e. The number of unbranched alkanes of at least 4 members (excludes halogenated alkanes) is 9. The van der Waals surface area contributed by atoms with Crippen LogP contribution in [0.25, 0.3) is 0 Å². The van der Waals surface area contributed by atoms with Gasteiger partial charge in [0, 0.05) is 12.8 Å². The molecule has 0 spiro atoms. The van der Waals surface area contributed by atoms with E-state index in [1.54, 1.807) is 0 Å². The van der Waals surface area contributed by atoms with E-state index in [9.17, 15) is 14.2 Å². The van der Waals surface area contributed by atoms with Crippen LogP contribution in [0, 0.1) is 0 Å². The van der Waals surface area contributed by atoms with Gasteiger partial charge in [0.05, 0.1) is 6.61 Å². The molecule has 0 amide bonds. The first-order valence-corrected chi connectivity index (χ1v) is 20.4. The standard InChI is InChI=1S/C41H67O8P/c1-3-5-7-9-11-13-15-17-19-20-22-23-25-27-29-31-33-35-40(42)47-37-39(38-48-50(44,45)46)49-41(43)36-34-32-30-28-26-24-21-18-16-14-12-10-8-6-4-2/h7,9,12-15,18-21,23,25-26,28,39H,3-6,8,10-11,16-17,22,24,27,29-38H2,1-2H3,(H2,44,45,46)/b9-7+,14-12+,15-13+,20-19+,21-18+,25-23+,28-26+/t39-/m1/s1. The van der Waals surface area contributed by atoms with E-state index in [0.29, 0.717) is 12.8 Å². The van der Waals surface area contributed by atoms with Crippen LogP contribution in [0.3, 0.4) is 0 Å². The van der Waals surface area contributed by atoms with Crippen LogP contribution in [0.2, 0.25) is 0 Å². The van der Waals surface area contributed by atoms with Gasteiger partial charge < -0.3 is 19.3 Å². The fourth-order valence-electron chi connectivity index (χ4n) is 4.54. The topological polar surface area (TPSA) is 119 Å². The average Bonchev–Trinajstić information content (AvgIpc) is 3.08. The minimum atomic E-state index is -4.77. The van der Waals surface area contributed by atoms with E-state index in [1.807, 2.05) is 0 Å². The molecule has 0 bridgehead atoms. The van der Waals surface area contributed by atoms with Crippen LogP contribution in [0.5, 0.6) is 0 Å². The van der Waals surface area contributed by atoms with Crippen LogP contribution in [-0.4, -0.2) is 41.0 Å². The second kappa shape index (κ2) is 36.0. The second-order valence-corrected chi connectivity index (χ2v) is 13.4. The molecule has 0 aromatic heterocycles. The highest BCUT2D eigenvalue weighted by Gasteiger charge is 2.22. The average molecular weight is 719 g/mol. The number of esters is 2. The van der Waals surface area contributed by atoms with Crippen molar-refractivity contribution in [2.75, 3.05) is 13.2 Å². The van der Waals surface area contributed by atoms with E-state index in [1.165, 1.54) is 25.7 Å². The van der Waals surface area contributed by atoms with Gasteiger partial charge in [0.25, 0.3) is 0 Å². The van der Waals surface area contributed by atoms with E-state index in [4.69, 9.17) is 19.3 Å². The van der Waals surface area contributed by atoms with Crippen molar-refractivity contribution in [2.24, 2.45) is 0 Å². The summed E-state index contributed by atoms with van der Waals surface area (Å²) in [6.07, 6.45) is 47.3. The zero-order valence-electron chi connectivity index (χ0n) is 31.0. The Balaban J connectivity index is 4.13. The van der Waals surface area contributed by atoms with Gasteiger partial charge in [-0.2, -0.15) is 0 Å². The molecule has 0 heterocycles. The number of hydrogen-bond acceptors (Lipinski definition) is 6. The summed E-state index contributed by atoms with van der Waals surface area (Å²) >= 11 is 0. The predicted octanol–water partition coefficient (Wildman–Crippen LogP) is 11.3. The van der Waals surface area contributed by atoms with E-state index < -0.39 is 32.5 Å². The molecule has 0 rings (SSSR count). The first-order valence-electron chi connectivity index (χ1n) is 18.9. The molecule has 0 unspecified atom stereocenters. The van der Waals surface area contributed by atoms with Crippen molar-refractivity contribution < 1.29 is 37.9 Å². The van der Waals surface area contributed by atoms with Crippen molar-refractivity contribution >= 4 is 19.8 Å². The lowest BCUT2D eigenvalue weighted by Gasteiger charge is -2.18. The van der Waals surface area contributed by atoms with Crippen molar-refractivity contribution in [3.8, 4) is 0 Å². The van der Waals surface area contributed by atoms with Gasteiger partial charge in [-0.15, -0.1) is 0 Å². The molecule has 8 nitrogen and oxygen atoms in total. The third-order valence-electron chi connectivity index (χ3n) is 7.37. The third-order valence-corrected chi connectivity index (χ3v) is 7.85. The number of phosphoric acid groups is 1. The molecule has 9 heteroatoms. The highest BCUT2D eigenvalue weighted by Crippen LogP contribution is 2.35. The number of ether oxygens (including phenoxy) is 2. The zero-order valence-corrected chi connectivity index (χ0v) is 31.9. The van der Waals surface area contributed by atoms with E-state index in [2.05, 4.69) is 103 Å². The highest BCUT2D eigenvalue weighted by atomic mass is 31.2. The monoisotopic (exact) mass is 718 g/mol. The van der Waals surface area contributed by atoms with Crippen LogP contribution < -0.4 is 0 Å². The van der Waals surface area contributed by atoms with Crippen molar-refractivity contribution in [1.82, 2.24) is 0 Å². The Morgan fingerprint density at radius 1 is 0.520 bits per heavy atom. The smallest absolute Gasteiger partial charge is 0.462 e. The molecular formula is C41H67O8P. The molecule has 0 aromatic carbocycles. The van der Waals surface area contributed by atoms with Gasteiger partial charge >= 0.3 is 19.8 Å². The summed E-state index contributed by atoms with van der Waals surface area (Å²) in [5, 5.41) is 0. The van der Waals surface area contributed by atoms with Crippen molar-refractivity contribution in [2.45, 2.75) is 148 Å². The second-order valence-electron chi connectivity index (χ2n) is 12.2. The van der Waals surface area contributed by atoms with Crippen LogP contribution in [0.1, 0.15) is 142 Å². The van der Waals surface area contributed by atoms with E-state index in [0.717, 1.165) is 77.0 Å². The minimum absolute atomic E-state index is 0.151. The minimum Gasteiger partial charge on any atom is -0.462 e. The molecule has 2 N–H and O–H groups in total. The predicted molar refractivity (Wildman–Crippen MR) is 207 cm³/mol. The van der Waals surface area contributed by atoms with Crippen molar-refractivity contribution in [3.63, 3.8) is 0 Å². The van der Waals surface area contributed by atoms with Gasteiger partial charge in [-0.3, -0.25) is 14.1 Å². The summed E-state index contributed by atoms with van der Waals surface area (Å²) in [6.45, 7) is 3.50. The molecule has 0 aliphatic heterocycles. The molecule has 0 saturated carbocycles. The van der Waals surface area contributed by atoms with Gasteiger partial charge in [0.15, 0.2) is 6.10 Å². The zero-order chi connectivity index (χ0) is 36.8. The molecule has 0 radical (unpaired) electrons. The Hall–Kier alpha value is -2.77. The maximum absolute atomic E-state index is 12.3.